The second-order valence-electron chi connectivity index (χ2n) is 5.57. The third-order valence-corrected chi connectivity index (χ3v) is 3.84. The molecule has 2 rings (SSSR count). The van der Waals surface area contributed by atoms with Crippen molar-refractivity contribution in [2.75, 3.05) is 7.05 Å². The lowest BCUT2D eigenvalue weighted by Crippen LogP contribution is -2.26. The number of carbonyl (C=O) groups is 2. The molecule has 0 aliphatic carbocycles. The molecule has 2 heterocycles. The topological polar surface area (TPSA) is 93.3 Å². The van der Waals surface area contributed by atoms with Gasteiger partial charge in [-0.2, -0.15) is 10.2 Å². The Bertz CT molecular complexity index is 732. The summed E-state index contributed by atoms with van der Waals surface area (Å²) in [5.74, 6) is -1.05. The van der Waals surface area contributed by atoms with Crippen LogP contribution >= 0.6 is 0 Å². The summed E-state index contributed by atoms with van der Waals surface area (Å²) in [5, 5.41) is 17.0. The third-order valence-electron chi connectivity index (χ3n) is 3.84. The van der Waals surface area contributed by atoms with Crippen molar-refractivity contribution < 1.29 is 14.7 Å². The minimum Gasteiger partial charge on any atom is -0.481 e. The molecule has 0 aliphatic heterocycles. The maximum absolute atomic E-state index is 12.5. The van der Waals surface area contributed by atoms with Crippen LogP contribution < -0.4 is 0 Å². The van der Waals surface area contributed by atoms with Crippen LogP contribution in [0, 0.1) is 13.8 Å². The summed E-state index contributed by atoms with van der Waals surface area (Å²) in [6.45, 7) is 4.60. The summed E-state index contributed by atoms with van der Waals surface area (Å²) in [7, 11) is 3.60. The van der Waals surface area contributed by atoms with Gasteiger partial charge in [-0.1, -0.05) is 0 Å². The fourth-order valence-corrected chi connectivity index (χ4v) is 2.38. The number of carboxylic acid groups (broad SMARTS) is 1. The Morgan fingerprint density at radius 3 is 2.61 bits per heavy atom. The average molecular weight is 319 g/mol. The van der Waals surface area contributed by atoms with Gasteiger partial charge >= 0.3 is 5.97 Å². The summed E-state index contributed by atoms with van der Waals surface area (Å²) in [5.41, 5.74) is 3.40. The van der Waals surface area contributed by atoms with E-state index in [1.54, 1.807) is 22.8 Å². The molecule has 0 saturated carbocycles. The SMILES string of the molecule is Cc1nn(C)c(C)c1CN(C)C(=O)c1cnn(CCC(=O)O)c1. The molecule has 0 aliphatic rings. The predicted molar refractivity (Wildman–Crippen MR) is 83.0 cm³/mol. The van der Waals surface area contributed by atoms with Crippen molar-refractivity contribution >= 4 is 11.9 Å². The zero-order valence-electron chi connectivity index (χ0n) is 13.8. The molecule has 124 valence electrons. The summed E-state index contributed by atoms with van der Waals surface area (Å²) in [6, 6.07) is 0. The lowest BCUT2D eigenvalue weighted by Gasteiger charge is -2.16. The van der Waals surface area contributed by atoms with Crippen LogP contribution in [-0.4, -0.2) is 48.5 Å². The number of aromatic nitrogens is 4. The maximum atomic E-state index is 12.5. The van der Waals surface area contributed by atoms with Crippen LogP contribution in [0.25, 0.3) is 0 Å². The van der Waals surface area contributed by atoms with Crippen molar-refractivity contribution in [3.63, 3.8) is 0 Å². The highest BCUT2D eigenvalue weighted by atomic mass is 16.4. The van der Waals surface area contributed by atoms with Crippen molar-refractivity contribution in [1.82, 2.24) is 24.5 Å². The smallest absolute Gasteiger partial charge is 0.305 e. The fourth-order valence-electron chi connectivity index (χ4n) is 2.38. The standard InChI is InChI=1S/C15H21N5O3/c1-10-13(11(2)19(4)17-10)9-18(3)15(23)12-7-16-20(8-12)6-5-14(21)22/h7-8H,5-6,9H2,1-4H3,(H,21,22). The summed E-state index contributed by atoms with van der Waals surface area (Å²) >= 11 is 0. The Hall–Kier alpha value is -2.64. The highest BCUT2D eigenvalue weighted by Crippen LogP contribution is 2.15. The van der Waals surface area contributed by atoms with E-state index in [1.807, 2.05) is 20.9 Å². The van der Waals surface area contributed by atoms with Crippen LogP contribution in [0.1, 0.15) is 33.7 Å². The molecular formula is C15H21N5O3. The molecule has 1 N–H and O–H groups in total. The molecule has 0 saturated heterocycles. The molecule has 23 heavy (non-hydrogen) atoms. The molecule has 0 atom stereocenters. The minimum atomic E-state index is -0.895. The lowest BCUT2D eigenvalue weighted by atomic mass is 10.2. The van der Waals surface area contributed by atoms with Crippen molar-refractivity contribution in [2.45, 2.75) is 33.4 Å². The van der Waals surface area contributed by atoms with Gasteiger partial charge in [0, 0.05) is 38.1 Å². The van der Waals surface area contributed by atoms with Gasteiger partial charge in [-0.3, -0.25) is 19.0 Å². The van der Waals surface area contributed by atoms with Gasteiger partial charge in [-0.25, -0.2) is 0 Å². The van der Waals surface area contributed by atoms with Gasteiger partial charge in [0.1, 0.15) is 0 Å². The van der Waals surface area contributed by atoms with Crippen LogP contribution in [-0.2, 0) is 24.9 Å². The van der Waals surface area contributed by atoms with Gasteiger partial charge in [0.05, 0.1) is 30.4 Å². The van der Waals surface area contributed by atoms with E-state index in [9.17, 15) is 9.59 Å². The van der Waals surface area contributed by atoms with Gasteiger partial charge in [0.15, 0.2) is 0 Å². The number of carbonyl (C=O) groups excluding carboxylic acids is 1. The normalized spacial score (nSPS) is 10.8. The largest absolute Gasteiger partial charge is 0.481 e. The van der Waals surface area contributed by atoms with E-state index in [4.69, 9.17) is 5.11 Å². The Morgan fingerprint density at radius 2 is 2.04 bits per heavy atom. The van der Waals surface area contributed by atoms with E-state index in [-0.39, 0.29) is 18.9 Å². The van der Waals surface area contributed by atoms with Gasteiger partial charge in [-0.15, -0.1) is 0 Å². The van der Waals surface area contributed by atoms with Crippen molar-refractivity contribution in [2.24, 2.45) is 7.05 Å². The molecule has 8 heteroatoms. The van der Waals surface area contributed by atoms with Gasteiger partial charge in [0.25, 0.3) is 5.91 Å². The first-order valence-corrected chi connectivity index (χ1v) is 7.28. The highest BCUT2D eigenvalue weighted by Gasteiger charge is 2.18. The third kappa shape index (κ3) is 3.77. The fraction of sp³-hybridized carbons (Fsp3) is 0.467. The van der Waals surface area contributed by atoms with Crippen LogP contribution in [0.4, 0.5) is 0 Å². The molecule has 2 aromatic heterocycles. The zero-order valence-corrected chi connectivity index (χ0v) is 13.8. The Morgan fingerprint density at radius 1 is 1.35 bits per heavy atom. The summed E-state index contributed by atoms with van der Waals surface area (Å²) in [6.07, 6.45) is 3.01. The Labute approximate surface area is 134 Å². The number of aliphatic carboxylic acids is 1. The van der Waals surface area contributed by atoms with Gasteiger partial charge in [-0.05, 0) is 13.8 Å². The number of nitrogens with zero attached hydrogens (tertiary/aromatic N) is 5. The van der Waals surface area contributed by atoms with E-state index >= 15 is 0 Å². The van der Waals surface area contributed by atoms with Crippen LogP contribution in [0.2, 0.25) is 0 Å². The quantitative estimate of drug-likeness (QED) is 0.856. The molecule has 0 radical (unpaired) electrons. The van der Waals surface area contributed by atoms with E-state index in [0.29, 0.717) is 12.1 Å². The minimum absolute atomic E-state index is 0.0285. The maximum Gasteiger partial charge on any atom is 0.305 e. The van der Waals surface area contributed by atoms with Crippen molar-refractivity contribution in [1.29, 1.82) is 0 Å². The predicted octanol–water partition coefficient (Wildman–Crippen LogP) is 0.980. The lowest BCUT2D eigenvalue weighted by molar-refractivity contribution is -0.137. The molecule has 0 fully saturated rings. The number of aryl methyl sites for hydroxylation is 3. The van der Waals surface area contributed by atoms with Crippen LogP contribution in [0.3, 0.4) is 0 Å². The molecule has 2 aromatic rings. The number of hydrogen-bond acceptors (Lipinski definition) is 4. The first kappa shape index (κ1) is 16.7. The van der Waals surface area contributed by atoms with E-state index in [0.717, 1.165) is 17.0 Å². The van der Waals surface area contributed by atoms with Crippen molar-refractivity contribution in [3.05, 3.63) is 34.9 Å². The Balaban J connectivity index is 2.06. The molecule has 0 aromatic carbocycles. The van der Waals surface area contributed by atoms with E-state index in [1.165, 1.54) is 10.9 Å². The number of rotatable bonds is 6. The number of hydrogen-bond donors (Lipinski definition) is 1. The van der Waals surface area contributed by atoms with Crippen LogP contribution in [0.5, 0.6) is 0 Å². The molecule has 1 amide bonds. The Kier molecular flexibility index (Phi) is 4.83. The van der Waals surface area contributed by atoms with Crippen LogP contribution in [0.15, 0.2) is 12.4 Å². The number of carboxylic acids is 1. The van der Waals surface area contributed by atoms with E-state index < -0.39 is 5.97 Å². The van der Waals surface area contributed by atoms with Gasteiger partial charge < -0.3 is 10.0 Å². The van der Waals surface area contributed by atoms with Crippen molar-refractivity contribution in [3.8, 4) is 0 Å². The molecule has 0 unspecified atom stereocenters. The molecule has 0 spiro atoms. The molecule has 8 nitrogen and oxygen atoms in total. The average Bonchev–Trinajstić information content (AvgIpc) is 3.05. The van der Waals surface area contributed by atoms with Gasteiger partial charge in [0.2, 0.25) is 0 Å². The summed E-state index contributed by atoms with van der Waals surface area (Å²) < 4.78 is 3.27. The first-order chi connectivity index (χ1) is 10.8. The molecule has 0 bridgehead atoms. The summed E-state index contributed by atoms with van der Waals surface area (Å²) in [4.78, 5) is 24.6. The second-order valence-corrected chi connectivity index (χ2v) is 5.57. The zero-order chi connectivity index (χ0) is 17.1. The highest BCUT2D eigenvalue weighted by molar-refractivity contribution is 5.93. The number of amides is 1. The van der Waals surface area contributed by atoms with E-state index in [2.05, 4.69) is 10.2 Å². The molecular weight excluding hydrogens is 298 g/mol. The second kappa shape index (κ2) is 6.64. The monoisotopic (exact) mass is 319 g/mol. The first-order valence-electron chi connectivity index (χ1n) is 7.28.